The molecule has 0 amide bonds. The Morgan fingerprint density at radius 1 is 0.921 bits per heavy atom. The fourth-order valence-corrected chi connectivity index (χ4v) is 9.99. The van der Waals surface area contributed by atoms with E-state index in [0.717, 1.165) is 51.4 Å². The molecule has 0 aromatic rings. The molecule has 0 radical (unpaired) electrons. The Kier molecular flexibility index (Phi) is 7.09. The van der Waals surface area contributed by atoms with Crippen molar-refractivity contribution in [3.05, 3.63) is 11.6 Å². The number of aliphatic hydroxyl groups excluding tert-OH is 1. The van der Waals surface area contributed by atoms with Crippen molar-refractivity contribution in [1.29, 1.82) is 5.26 Å². The minimum atomic E-state index is -0.609. The quantitative estimate of drug-likeness (QED) is 0.371. The second-order valence-electron chi connectivity index (χ2n) is 15.7. The molecule has 5 heteroatoms. The maximum absolute atomic E-state index is 13.3. The lowest BCUT2D eigenvalue weighted by Crippen LogP contribution is -2.65. The molecule has 4 aliphatic carbocycles. The molecule has 0 saturated heterocycles. The van der Waals surface area contributed by atoms with Gasteiger partial charge in [-0.25, -0.2) is 0 Å². The van der Waals surface area contributed by atoms with Crippen molar-refractivity contribution >= 4 is 11.8 Å². The van der Waals surface area contributed by atoms with Crippen LogP contribution in [0, 0.1) is 61.6 Å². The molecule has 212 valence electrons. The van der Waals surface area contributed by atoms with Crippen LogP contribution in [0.15, 0.2) is 11.6 Å². The van der Waals surface area contributed by atoms with Crippen LogP contribution < -0.4 is 0 Å². The van der Waals surface area contributed by atoms with Crippen LogP contribution in [0.5, 0.6) is 0 Å². The zero-order valence-corrected chi connectivity index (χ0v) is 25.4. The number of carbonyl (C=O) groups is 2. The average Bonchev–Trinajstić information content (AvgIpc) is 2.84. The molecule has 1 unspecified atom stereocenters. The maximum Gasteiger partial charge on any atom is 0.311 e. The minimum Gasteiger partial charge on any atom is -0.469 e. The number of carbonyl (C=O) groups excluding carboxylic acids is 2. The first-order valence-corrected chi connectivity index (χ1v) is 14.9. The van der Waals surface area contributed by atoms with Crippen molar-refractivity contribution in [2.75, 3.05) is 7.11 Å². The largest absolute Gasteiger partial charge is 0.469 e. The van der Waals surface area contributed by atoms with Gasteiger partial charge in [0.25, 0.3) is 0 Å². The summed E-state index contributed by atoms with van der Waals surface area (Å²) in [6, 6.07) is 2.22. The lowest BCUT2D eigenvalue weighted by molar-refractivity contribution is -0.218. The standard InChI is InChI=1S/C33H51NO4/c1-28(2)12-10-22-23(35)18-25-31(6)19-21(20-34)26(36)29(3,4)24(31)11-13-33(25,8)32(22,7)17-16-30(5,15-14-28)27(37)38-9/h19,22-25,35H,10-18H2,1-9H3/t22?,23-,24+,25-,30+,31+,32-,33-/m1/s1. The molecule has 0 aliphatic heterocycles. The third-order valence-corrected chi connectivity index (χ3v) is 12.9. The van der Waals surface area contributed by atoms with Crippen molar-refractivity contribution < 1.29 is 19.4 Å². The first-order valence-electron chi connectivity index (χ1n) is 14.9. The number of nitriles is 1. The van der Waals surface area contributed by atoms with Gasteiger partial charge in [-0.2, -0.15) is 5.26 Å². The number of hydrogen-bond donors (Lipinski definition) is 1. The van der Waals surface area contributed by atoms with Crippen LogP contribution in [-0.4, -0.2) is 30.1 Å². The number of ketones is 1. The summed E-state index contributed by atoms with van der Waals surface area (Å²) in [6.07, 6.45) is 9.50. The van der Waals surface area contributed by atoms with E-state index in [2.05, 4.69) is 47.6 Å². The number of allylic oxidation sites excluding steroid dienone is 2. The predicted octanol–water partition coefficient (Wildman–Crippen LogP) is 7.03. The third-order valence-electron chi connectivity index (χ3n) is 12.9. The van der Waals surface area contributed by atoms with Crippen molar-refractivity contribution in [2.45, 2.75) is 119 Å². The topological polar surface area (TPSA) is 87.4 Å². The van der Waals surface area contributed by atoms with Gasteiger partial charge in [-0.1, -0.05) is 54.5 Å². The molecule has 0 heterocycles. The number of Topliss-reactive ketones (excluding diaryl/α,β-unsaturated/α-hetero) is 1. The number of aliphatic hydroxyl groups is 1. The second kappa shape index (κ2) is 9.18. The Morgan fingerprint density at radius 3 is 2.16 bits per heavy atom. The van der Waals surface area contributed by atoms with E-state index in [1.54, 1.807) is 0 Å². The summed E-state index contributed by atoms with van der Waals surface area (Å²) < 4.78 is 5.34. The minimum absolute atomic E-state index is 0.0405. The average molecular weight is 526 g/mol. The van der Waals surface area contributed by atoms with E-state index in [1.165, 1.54) is 7.11 Å². The SMILES string of the molecule is COC(=O)[C@@]1(C)CCC(C)(C)CCC2[C@H](O)C[C@@H]3[C@@]4(C)C=C(C#N)C(=O)C(C)(C)[C@@H]4CC[C@@]3(C)[C@]2(C)CC1. The Bertz CT molecular complexity index is 1070. The molecule has 0 aromatic carbocycles. The number of methoxy groups -OCH3 is 1. The highest BCUT2D eigenvalue weighted by Crippen LogP contribution is 2.72. The molecule has 0 aromatic heterocycles. The van der Waals surface area contributed by atoms with E-state index in [1.807, 2.05) is 19.9 Å². The van der Waals surface area contributed by atoms with Crippen molar-refractivity contribution in [2.24, 2.45) is 50.2 Å². The second-order valence-corrected chi connectivity index (χ2v) is 15.7. The fourth-order valence-electron chi connectivity index (χ4n) is 9.99. The highest BCUT2D eigenvalue weighted by Gasteiger charge is 2.68. The van der Waals surface area contributed by atoms with Gasteiger partial charge >= 0.3 is 5.97 Å². The Balaban J connectivity index is 1.85. The summed E-state index contributed by atoms with van der Waals surface area (Å²) >= 11 is 0. The van der Waals surface area contributed by atoms with Gasteiger partial charge < -0.3 is 9.84 Å². The molecule has 8 atom stereocenters. The number of nitrogens with zero attached hydrogens (tertiary/aromatic N) is 1. The molecule has 0 spiro atoms. The van der Waals surface area contributed by atoms with Crippen LogP contribution in [-0.2, 0) is 14.3 Å². The lowest BCUT2D eigenvalue weighted by Gasteiger charge is -2.69. The number of rotatable bonds is 1. The molecule has 0 bridgehead atoms. The molecule has 4 aliphatic rings. The van der Waals surface area contributed by atoms with E-state index in [-0.39, 0.29) is 56.7 Å². The first-order chi connectivity index (χ1) is 17.4. The molecule has 38 heavy (non-hydrogen) atoms. The summed E-state index contributed by atoms with van der Waals surface area (Å²) in [7, 11) is 1.50. The van der Waals surface area contributed by atoms with Crippen molar-refractivity contribution in [3.8, 4) is 6.07 Å². The van der Waals surface area contributed by atoms with Crippen LogP contribution in [0.1, 0.15) is 113 Å². The van der Waals surface area contributed by atoms with Gasteiger partial charge in [0.1, 0.15) is 6.07 Å². The van der Waals surface area contributed by atoms with Gasteiger partial charge in [0.05, 0.1) is 24.2 Å². The molecular formula is C33H51NO4. The Morgan fingerprint density at radius 2 is 1.55 bits per heavy atom. The molecule has 5 nitrogen and oxygen atoms in total. The maximum atomic E-state index is 13.3. The van der Waals surface area contributed by atoms with Gasteiger partial charge in [0, 0.05) is 5.41 Å². The van der Waals surface area contributed by atoms with Gasteiger partial charge in [-0.15, -0.1) is 0 Å². The summed E-state index contributed by atoms with van der Waals surface area (Å²) in [5, 5.41) is 21.8. The van der Waals surface area contributed by atoms with E-state index in [9.17, 15) is 20.0 Å². The molecule has 3 fully saturated rings. The van der Waals surface area contributed by atoms with Crippen LogP contribution in [0.25, 0.3) is 0 Å². The summed E-state index contributed by atoms with van der Waals surface area (Å²) in [5.41, 5.74) is -1.46. The van der Waals surface area contributed by atoms with Crippen molar-refractivity contribution in [3.63, 3.8) is 0 Å². The molecular weight excluding hydrogens is 474 g/mol. The van der Waals surface area contributed by atoms with Gasteiger partial charge in [0.2, 0.25) is 0 Å². The third kappa shape index (κ3) is 4.11. The number of hydrogen-bond acceptors (Lipinski definition) is 5. The van der Waals surface area contributed by atoms with E-state index >= 15 is 0 Å². The monoisotopic (exact) mass is 525 g/mol. The molecule has 3 saturated carbocycles. The van der Waals surface area contributed by atoms with Crippen molar-refractivity contribution in [1.82, 2.24) is 0 Å². The van der Waals surface area contributed by atoms with Gasteiger partial charge in [0.15, 0.2) is 5.78 Å². The van der Waals surface area contributed by atoms with E-state index < -0.39 is 16.9 Å². The van der Waals surface area contributed by atoms with E-state index in [0.29, 0.717) is 6.42 Å². The summed E-state index contributed by atoms with van der Waals surface area (Å²) in [4.78, 5) is 26.4. The van der Waals surface area contributed by atoms with Crippen LogP contribution in [0.4, 0.5) is 0 Å². The number of fused-ring (bicyclic) bond motifs is 5. The highest BCUT2D eigenvalue weighted by atomic mass is 16.5. The summed E-state index contributed by atoms with van der Waals surface area (Å²) in [5.74, 6) is 0.240. The van der Waals surface area contributed by atoms with Gasteiger partial charge in [-0.05, 0) is 104 Å². The molecule has 4 rings (SSSR count). The van der Waals surface area contributed by atoms with Gasteiger partial charge in [-0.3, -0.25) is 9.59 Å². The smallest absolute Gasteiger partial charge is 0.311 e. The summed E-state index contributed by atoms with van der Waals surface area (Å²) in [6.45, 7) is 17.8. The van der Waals surface area contributed by atoms with E-state index in [4.69, 9.17) is 4.74 Å². The predicted molar refractivity (Wildman–Crippen MR) is 149 cm³/mol. The van der Waals surface area contributed by atoms with Crippen LogP contribution >= 0.6 is 0 Å². The number of esters is 1. The molecule has 1 N–H and O–H groups in total. The lowest BCUT2D eigenvalue weighted by atomic mass is 9.35. The Labute approximate surface area is 230 Å². The fraction of sp³-hybridized carbons (Fsp3) is 0.848. The van der Waals surface area contributed by atoms with Crippen LogP contribution in [0.3, 0.4) is 0 Å². The number of ether oxygens (including phenoxy) is 1. The highest BCUT2D eigenvalue weighted by molar-refractivity contribution is 6.04. The van der Waals surface area contributed by atoms with Crippen LogP contribution in [0.2, 0.25) is 0 Å². The zero-order valence-electron chi connectivity index (χ0n) is 25.4. The first kappa shape index (κ1) is 29.3. The Hall–Kier alpha value is -1.67. The zero-order chi connectivity index (χ0) is 28.5. The normalized spacial score (nSPS) is 46.3.